The van der Waals surface area contributed by atoms with Crippen LogP contribution < -0.4 is 10.1 Å². The average Bonchev–Trinajstić information content (AvgIpc) is 3.01. The van der Waals surface area contributed by atoms with Crippen LogP contribution in [0.15, 0.2) is 18.2 Å². The number of rotatable bonds is 4. The molecule has 0 saturated heterocycles. The topological polar surface area (TPSA) is 38.3 Å². The Kier molecular flexibility index (Phi) is 4.39. The molecule has 0 spiro atoms. The zero-order chi connectivity index (χ0) is 14.7. The fourth-order valence-electron chi connectivity index (χ4n) is 3.36. The van der Waals surface area contributed by atoms with E-state index in [1.54, 1.807) is 0 Å². The molecular weight excluding hydrogens is 286 g/mol. The molecule has 0 radical (unpaired) electrons. The van der Waals surface area contributed by atoms with Crippen molar-refractivity contribution in [3.63, 3.8) is 0 Å². The Hall–Kier alpha value is -1.22. The molecule has 0 bridgehead atoms. The van der Waals surface area contributed by atoms with Crippen LogP contribution >= 0.6 is 11.6 Å². The highest BCUT2D eigenvalue weighted by atomic mass is 35.5. The van der Waals surface area contributed by atoms with Gasteiger partial charge in [-0.05, 0) is 36.6 Å². The third-order valence-electron chi connectivity index (χ3n) is 4.77. The van der Waals surface area contributed by atoms with Gasteiger partial charge >= 0.3 is 0 Å². The molecule has 1 amide bonds. The van der Waals surface area contributed by atoms with Gasteiger partial charge in [0.05, 0.1) is 6.61 Å². The summed E-state index contributed by atoms with van der Waals surface area (Å²) in [6.45, 7) is 1.40. The Balaban J connectivity index is 1.63. The van der Waals surface area contributed by atoms with Gasteiger partial charge in [-0.25, -0.2) is 0 Å². The lowest BCUT2D eigenvalue weighted by Gasteiger charge is -2.35. The molecule has 114 valence electrons. The minimum absolute atomic E-state index is 0.000217. The van der Waals surface area contributed by atoms with E-state index >= 15 is 0 Å². The van der Waals surface area contributed by atoms with E-state index in [4.69, 9.17) is 16.3 Å². The van der Waals surface area contributed by atoms with Crippen LogP contribution in [0.2, 0.25) is 0 Å². The van der Waals surface area contributed by atoms with Crippen molar-refractivity contribution in [2.75, 3.05) is 19.0 Å². The summed E-state index contributed by atoms with van der Waals surface area (Å²) in [5.74, 6) is 1.54. The summed E-state index contributed by atoms with van der Waals surface area (Å²) in [6.07, 6.45) is 6.86. The van der Waals surface area contributed by atoms with Crippen LogP contribution in [0, 0.1) is 5.41 Å². The maximum absolute atomic E-state index is 12.4. The number of amides is 1. The highest BCUT2D eigenvalue weighted by molar-refractivity contribution is 6.18. The van der Waals surface area contributed by atoms with E-state index in [9.17, 15) is 4.79 Å². The van der Waals surface area contributed by atoms with E-state index in [-0.39, 0.29) is 11.3 Å². The fraction of sp³-hybridized carbons (Fsp3) is 0.588. The minimum Gasteiger partial charge on any atom is -0.493 e. The molecule has 0 atom stereocenters. The van der Waals surface area contributed by atoms with E-state index in [1.807, 2.05) is 18.2 Å². The lowest BCUT2D eigenvalue weighted by Crippen LogP contribution is -2.40. The van der Waals surface area contributed by atoms with E-state index in [2.05, 4.69) is 5.32 Å². The van der Waals surface area contributed by atoms with Crippen molar-refractivity contribution in [3.8, 4) is 5.75 Å². The van der Waals surface area contributed by atoms with Crippen LogP contribution in [-0.2, 0) is 6.42 Å². The Morgan fingerprint density at radius 3 is 2.86 bits per heavy atom. The third kappa shape index (κ3) is 3.18. The first kappa shape index (κ1) is 14.7. The van der Waals surface area contributed by atoms with Crippen LogP contribution in [-0.4, -0.2) is 24.9 Å². The van der Waals surface area contributed by atoms with Gasteiger partial charge in [0.1, 0.15) is 5.75 Å². The smallest absolute Gasteiger partial charge is 0.251 e. The number of nitrogens with one attached hydrogen (secondary N) is 1. The predicted octanol–water partition coefficient (Wildman–Crippen LogP) is 3.54. The predicted molar refractivity (Wildman–Crippen MR) is 84.2 cm³/mol. The Labute approximate surface area is 131 Å². The normalized spacial score (nSPS) is 19.7. The number of hydrogen-bond donors (Lipinski definition) is 1. The Morgan fingerprint density at radius 1 is 1.29 bits per heavy atom. The monoisotopic (exact) mass is 307 g/mol. The van der Waals surface area contributed by atoms with Gasteiger partial charge < -0.3 is 10.1 Å². The quantitative estimate of drug-likeness (QED) is 0.864. The number of carbonyl (C=O) groups excluding carboxylic acids is 1. The van der Waals surface area contributed by atoms with E-state index < -0.39 is 0 Å². The van der Waals surface area contributed by atoms with Gasteiger partial charge in [-0.3, -0.25) is 4.79 Å². The molecule has 2 aliphatic rings. The molecule has 1 aromatic rings. The SMILES string of the molecule is O=C(NCC1(CCl)CCCCC1)c1ccc2c(c1)CCO2. The second-order valence-electron chi connectivity index (χ2n) is 6.30. The second-order valence-corrected chi connectivity index (χ2v) is 6.57. The largest absolute Gasteiger partial charge is 0.493 e. The standard InChI is InChI=1S/C17H22ClNO2/c18-11-17(7-2-1-3-8-17)12-19-16(20)14-4-5-15-13(10-14)6-9-21-15/h4-5,10H,1-3,6-9,11-12H2,(H,19,20). The molecule has 1 fully saturated rings. The molecule has 4 heteroatoms. The lowest BCUT2D eigenvalue weighted by atomic mass is 9.75. The summed E-state index contributed by atoms with van der Waals surface area (Å²) >= 11 is 6.18. The van der Waals surface area contributed by atoms with Gasteiger partial charge in [0.15, 0.2) is 0 Å². The third-order valence-corrected chi connectivity index (χ3v) is 5.34. The zero-order valence-corrected chi connectivity index (χ0v) is 13.0. The second kappa shape index (κ2) is 6.27. The van der Waals surface area contributed by atoms with Crippen molar-refractivity contribution in [1.82, 2.24) is 5.32 Å². The Bertz CT molecular complexity index is 524. The molecule has 1 aliphatic heterocycles. The van der Waals surface area contributed by atoms with Crippen LogP contribution in [0.5, 0.6) is 5.75 Å². The first-order valence-electron chi connectivity index (χ1n) is 7.82. The number of ether oxygens (including phenoxy) is 1. The van der Waals surface area contributed by atoms with E-state index in [1.165, 1.54) is 19.3 Å². The molecule has 1 saturated carbocycles. The summed E-state index contributed by atoms with van der Waals surface area (Å²) in [6, 6.07) is 5.69. The summed E-state index contributed by atoms with van der Waals surface area (Å²) < 4.78 is 5.47. The molecule has 3 nitrogen and oxygen atoms in total. The van der Waals surface area contributed by atoms with Crippen LogP contribution in [0.25, 0.3) is 0 Å². The summed E-state index contributed by atoms with van der Waals surface area (Å²) in [4.78, 5) is 12.4. The van der Waals surface area contributed by atoms with Crippen LogP contribution in [0.4, 0.5) is 0 Å². The van der Waals surface area contributed by atoms with E-state index in [0.717, 1.165) is 42.7 Å². The molecule has 0 aromatic heterocycles. The minimum atomic E-state index is -0.000217. The number of fused-ring (bicyclic) bond motifs is 1. The van der Waals surface area contributed by atoms with Crippen LogP contribution in [0.3, 0.4) is 0 Å². The van der Waals surface area contributed by atoms with Gasteiger partial charge in [0.2, 0.25) is 0 Å². The van der Waals surface area contributed by atoms with Crippen molar-refractivity contribution in [2.45, 2.75) is 38.5 Å². The van der Waals surface area contributed by atoms with Crippen LogP contribution in [0.1, 0.15) is 48.0 Å². The zero-order valence-electron chi connectivity index (χ0n) is 12.3. The summed E-state index contributed by atoms with van der Waals surface area (Å²) in [5, 5.41) is 3.09. The molecule has 1 N–H and O–H groups in total. The number of halogens is 1. The van der Waals surface area contributed by atoms with Gasteiger partial charge in [0.25, 0.3) is 5.91 Å². The number of benzene rings is 1. The van der Waals surface area contributed by atoms with Crippen molar-refractivity contribution in [1.29, 1.82) is 0 Å². The maximum Gasteiger partial charge on any atom is 0.251 e. The number of carbonyl (C=O) groups is 1. The van der Waals surface area contributed by atoms with Gasteiger partial charge in [-0.15, -0.1) is 11.6 Å². The van der Waals surface area contributed by atoms with Gasteiger partial charge in [-0.2, -0.15) is 0 Å². The number of alkyl halides is 1. The average molecular weight is 308 g/mol. The number of hydrogen-bond acceptors (Lipinski definition) is 2. The summed E-state index contributed by atoms with van der Waals surface area (Å²) in [5.41, 5.74) is 1.95. The molecule has 0 unspecified atom stereocenters. The van der Waals surface area contributed by atoms with Gasteiger partial charge in [0, 0.05) is 29.8 Å². The maximum atomic E-state index is 12.4. The van der Waals surface area contributed by atoms with Crippen molar-refractivity contribution in [2.24, 2.45) is 5.41 Å². The van der Waals surface area contributed by atoms with Crippen molar-refractivity contribution < 1.29 is 9.53 Å². The molecule has 1 heterocycles. The molecule has 1 aromatic carbocycles. The molecule has 21 heavy (non-hydrogen) atoms. The fourth-order valence-corrected chi connectivity index (χ4v) is 3.72. The lowest BCUT2D eigenvalue weighted by molar-refractivity contribution is 0.0921. The molecule has 3 rings (SSSR count). The molecule has 1 aliphatic carbocycles. The summed E-state index contributed by atoms with van der Waals surface area (Å²) in [7, 11) is 0. The highest BCUT2D eigenvalue weighted by Crippen LogP contribution is 2.36. The Morgan fingerprint density at radius 2 is 2.10 bits per heavy atom. The first-order valence-corrected chi connectivity index (χ1v) is 8.36. The van der Waals surface area contributed by atoms with Crippen molar-refractivity contribution in [3.05, 3.63) is 29.3 Å². The first-order chi connectivity index (χ1) is 10.2. The van der Waals surface area contributed by atoms with E-state index in [0.29, 0.717) is 12.4 Å². The molecular formula is C17H22ClNO2. The highest BCUT2D eigenvalue weighted by Gasteiger charge is 2.31. The van der Waals surface area contributed by atoms with Gasteiger partial charge in [-0.1, -0.05) is 19.3 Å². The van der Waals surface area contributed by atoms with Crippen molar-refractivity contribution >= 4 is 17.5 Å².